The van der Waals surface area contributed by atoms with Crippen LogP contribution >= 0.6 is 0 Å². The molecule has 1 unspecified atom stereocenters. The molecule has 1 aliphatic heterocycles. The molecule has 1 amide bonds. The van der Waals surface area contributed by atoms with Crippen LogP contribution in [0.4, 0.5) is 17.3 Å². The van der Waals surface area contributed by atoms with Crippen LogP contribution in [-0.2, 0) is 26.2 Å². The number of pyridine rings is 1. The lowest BCUT2D eigenvalue weighted by atomic mass is 10.0. The van der Waals surface area contributed by atoms with Crippen LogP contribution in [0, 0.1) is 6.92 Å². The van der Waals surface area contributed by atoms with Crippen molar-refractivity contribution in [3.05, 3.63) is 132 Å². The molecule has 2 aromatic heterocycles. The molecule has 3 N–H and O–H groups in total. The fourth-order valence-electron chi connectivity index (χ4n) is 5.77. The number of nitrogens with zero attached hydrogens (tertiary/aromatic N) is 5. The monoisotopic (exact) mass is 752 g/mol. The summed E-state index contributed by atoms with van der Waals surface area (Å²) in [6, 6.07) is 28.9. The van der Waals surface area contributed by atoms with Crippen molar-refractivity contribution in [2.24, 2.45) is 0 Å². The molecule has 13 nitrogen and oxygen atoms in total. The second-order valence-electron chi connectivity index (χ2n) is 13.6. The Labute approximate surface area is 316 Å². The first-order chi connectivity index (χ1) is 25.7. The van der Waals surface area contributed by atoms with Crippen LogP contribution in [0.2, 0.25) is 0 Å². The van der Waals surface area contributed by atoms with Crippen molar-refractivity contribution in [3.8, 4) is 11.3 Å². The molecular weight excluding hydrogens is 707 g/mol. The number of nitrogens with one attached hydrogen (secondary N) is 2. The Morgan fingerprint density at radius 2 is 1.67 bits per heavy atom. The average Bonchev–Trinajstić information content (AvgIpc) is 3.16. The maximum atomic E-state index is 13.2. The molecule has 1 saturated heterocycles. The van der Waals surface area contributed by atoms with Gasteiger partial charge in [0.2, 0.25) is 12.7 Å². The van der Waals surface area contributed by atoms with E-state index in [0.29, 0.717) is 34.7 Å². The summed E-state index contributed by atoms with van der Waals surface area (Å²) in [5.74, 6) is -0.196. The first-order valence-electron chi connectivity index (χ1n) is 17.5. The van der Waals surface area contributed by atoms with E-state index in [1.165, 1.54) is 0 Å². The number of likely N-dealkylation sites (N-methyl/N-ethyl adjacent to an activating group) is 1. The Morgan fingerprint density at radius 1 is 0.963 bits per heavy atom. The second-order valence-corrected chi connectivity index (χ2v) is 15.1. The van der Waals surface area contributed by atoms with Crippen LogP contribution in [0.5, 0.6) is 0 Å². The van der Waals surface area contributed by atoms with Gasteiger partial charge in [-0.3, -0.25) is 28.5 Å². The number of rotatable bonds is 11. The number of quaternary nitrogens is 1. The van der Waals surface area contributed by atoms with Crippen molar-refractivity contribution in [1.29, 1.82) is 0 Å². The Hall–Kier alpha value is -5.54. The Balaban J connectivity index is 0.00000105. The van der Waals surface area contributed by atoms with Gasteiger partial charge in [-0.15, -0.1) is 0 Å². The van der Waals surface area contributed by atoms with Crippen LogP contribution < -0.4 is 10.6 Å². The number of aromatic nitrogens is 3. The van der Waals surface area contributed by atoms with Gasteiger partial charge < -0.3 is 15.4 Å². The molecule has 1 aliphatic rings. The van der Waals surface area contributed by atoms with Gasteiger partial charge in [-0.1, -0.05) is 48.5 Å². The van der Waals surface area contributed by atoms with Crippen molar-refractivity contribution < 1.29 is 31.8 Å². The lowest BCUT2D eigenvalue weighted by Gasteiger charge is -2.41. The normalized spacial score (nSPS) is 14.5. The Kier molecular flexibility index (Phi) is 13.2. The van der Waals surface area contributed by atoms with Gasteiger partial charge in [0, 0.05) is 60.7 Å². The van der Waals surface area contributed by atoms with Gasteiger partial charge in [0.1, 0.15) is 0 Å². The molecule has 14 heteroatoms. The minimum absolute atomic E-state index is 0.182. The summed E-state index contributed by atoms with van der Waals surface area (Å²) in [5.41, 5.74) is 6.82. The topological polar surface area (TPSA) is 164 Å². The van der Waals surface area contributed by atoms with Gasteiger partial charge in [0.15, 0.2) is 0 Å². The summed E-state index contributed by atoms with van der Waals surface area (Å²) in [4.78, 5) is 41.4. The molecule has 54 heavy (non-hydrogen) atoms. The smallest absolute Gasteiger partial charge is 0.317 e. The lowest BCUT2D eigenvalue weighted by molar-refractivity contribution is -0.929. The fraction of sp³-hybridized carbons (Fsp3) is 0.275. The number of carbonyl (C=O) groups is 2. The first kappa shape index (κ1) is 39.7. The van der Waals surface area contributed by atoms with E-state index >= 15 is 0 Å². The minimum Gasteiger partial charge on any atom is -0.415 e. The quantitative estimate of drug-likeness (QED) is 0.0835. The van der Waals surface area contributed by atoms with E-state index in [2.05, 4.69) is 37.5 Å². The lowest BCUT2D eigenvalue weighted by Crippen LogP contribution is -2.58. The molecule has 0 saturated carbocycles. The van der Waals surface area contributed by atoms with Crippen LogP contribution in [0.25, 0.3) is 11.3 Å². The highest BCUT2D eigenvalue weighted by Crippen LogP contribution is 2.25. The number of amides is 1. The number of carbonyl (C=O) groups excluding carboxylic acids is 2. The number of aryl methyl sites for hydroxylation is 1. The Bertz CT molecular complexity index is 2120. The number of piperazine rings is 1. The van der Waals surface area contributed by atoms with E-state index in [4.69, 9.17) is 9.29 Å². The number of hydrogen-bond acceptors (Lipinski definition) is 10. The number of ether oxygens (including phenoxy) is 1. The summed E-state index contributed by atoms with van der Waals surface area (Å²) in [6.45, 7) is 8.63. The van der Waals surface area contributed by atoms with E-state index in [1.54, 1.807) is 18.6 Å². The third-order valence-electron chi connectivity index (χ3n) is 9.06. The van der Waals surface area contributed by atoms with Gasteiger partial charge in [0.05, 0.1) is 38.0 Å². The third-order valence-corrected chi connectivity index (χ3v) is 9.06. The summed E-state index contributed by atoms with van der Waals surface area (Å²) in [5, 5.41) is 6.31. The van der Waals surface area contributed by atoms with Gasteiger partial charge >= 0.3 is 5.97 Å². The second kappa shape index (κ2) is 18.0. The molecule has 5 aromatic rings. The van der Waals surface area contributed by atoms with E-state index in [-0.39, 0.29) is 17.8 Å². The molecule has 282 valence electrons. The summed E-state index contributed by atoms with van der Waals surface area (Å²) < 4.78 is 32.3. The van der Waals surface area contributed by atoms with Crippen molar-refractivity contribution in [2.75, 3.05) is 56.8 Å². The van der Waals surface area contributed by atoms with Crippen LogP contribution in [0.1, 0.15) is 39.9 Å². The van der Waals surface area contributed by atoms with Crippen LogP contribution in [0.3, 0.4) is 0 Å². The van der Waals surface area contributed by atoms with Gasteiger partial charge in [-0.25, -0.2) is 9.97 Å². The minimum atomic E-state index is -3.67. The Morgan fingerprint density at radius 3 is 2.33 bits per heavy atom. The van der Waals surface area contributed by atoms with Gasteiger partial charge in [-0.2, -0.15) is 8.42 Å². The summed E-state index contributed by atoms with van der Waals surface area (Å²) in [6.07, 6.45) is 5.91. The van der Waals surface area contributed by atoms with Crippen molar-refractivity contribution in [2.45, 2.75) is 26.3 Å². The van der Waals surface area contributed by atoms with Crippen molar-refractivity contribution in [1.82, 2.24) is 19.9 Å². The highest BCUT2D eigenvalue weighted by molar-refractivity contribution is 7.85. The molecule has 0 radical (unpaired) electrons. The van der Waals surface area contributed by atoms with E-state index in [9.17, 15) is 18.0 Å². The predicted molar refractivity (Wildman–Crippen MR) is 209 cm³/mol. The number of esters is 1. The zero-order valence-corrected chi connectivity index (χ0v) is 31.7. The molecular formula is C40H46N7O6S+. The number of benzene rings is 3. The molecule has 3 heterocycles. The predicted octanol–water partition coefficient (Wildman–Crippen LogP) is 5.91. The highest BCUT2D eigenvalue weighted by atomic mass is 32.2. The molecule has 1 atom stereocenters. The standard InChI is InChI=1S/C39H41N7O3.CH4O3S/c1-28-11-16-34(24-36(28)44-39-41-19-17-35(43-39)33-10-7-18-40-25-33)42-37(47)32-14-12-30(13-15-32)26-45-20-22-46(3,23-21-45)27-49-38(48)29(2)31-8-5-4-6-9-31;1-5(2,3)4/h4-19,24-25,29H,20-23,26-27H2,1-3H3,(H-,41,42,43,44,47);1H3,(H,2,3,4)/p+1. The molecule has 0 aliphatic carbocycles. The number of hydrogen-bond donors (Lipinski definition) is 3. The van der Waals surface area contributed by atoms with Crippen molar-refractivity contribution >= 4 is 39.3 Å². The van der Waals surface area contributed by atoms with Gasteiger partial charge in [-0.05, 0) is 73.0 Å². The first-order valence-corrected chi connectivity index (χ1v) is 19.3. The van der Waals surface area contributed by atoms with Crippen LogP contribution in [0.15, 0.2) is 110 Å². The van der Waals surface area contributed by atoms with Crippen molar-refractivity contribution in [3.63, 3.8) is 0 Å². The van der Waals surface area contributed by atoms with Gasteiger partial charge in [0.25, 0.3) is 16.0 Å². The average molecular weight is 753 g/mol. The van der Waals surface area contributed by atoms with Crippen LogP contribution in [-0.4, -0.2) is 95.4 Å². The highest BCUT2D eigenvalue weighted by Gasteiger charge is 2.31. The summed E-state index contributed by atoms with van der Waals surface area (Å²) >= 11 is 0. The van der Waals surface area contributed by atoms with E-state index < -0.39 is 10.1 Å². The SMILES string of the molecule is CS(=O)(=O)O.Cc1ccc(NC(=O)c2ccc(CN3CC[N+](C)(COC(=O)C(C)c4ccccc4)CC3)cc2)cc1Nc1nccc(-c2cccnc2)n1. The molecule has 0 spiro atoms. The van der Waals surface area contributed by atoms with E-state index in [0.717, 1.165) is 66.4 Å². The molecule has 1 fully saturated rings. The molecule has 3 aromatic carbocycles. The largest absolute Gasteiger partial charge is 0.415 e. The molecule has 0 bridgehead atoms. The molecule has 6 rings (SSSR count). The maximum Gasteiger partial charge on any atom is 0.317 e. The zero-order chi connectivity index (χ0) is 38.7. The van der Waals surface area contributed by atoms with E-state index in [1.807, 2.05) is 105 Å². The maximum absolute atomic E-state index is 13.2. The third kappa shape index (κ3) is 12.0. The number of anilines is 3. The summed E-state index contributed by atoms with van der Waals surface area (Å²) in [7, 11) is -1.52. The zero-order valence-electron chi connectivity index (χ0n) is 30.8. The fourth-order valence-corrected chi connectivity index (χ4v) is 5.77.